The highest BCUT2D eigenvalue weighted by atomic mass is 16.3. The number of hydrogen-bond donors (Lipinski definition) is 2. The summed E-state index contributed by atoms with van der Waals surface area (Å²) in [6.45, 7) is 7.98. The van der Waals surface area contributed by atoms with Gasteiger partial charge >= 0.3 is 0 Å². The Bertz CT molecular complexity index is 1140. The minimum absolute atomic E-state index is 0.459. The summed E-state index contributed by atoms with van der Waals surface area (Å²) < 4.78 is 5.88. The van der Waals surface area contributed by atoms with E-state index >= 15 is 0 Å². The van der Waals surface area contributed by atoms with E-state index in [-0.39, 0.29) is 0 Å². The van der Waals surface area contributed by atoms with Crippen LogP contribution in [0.1, 0.15) is 36.2 Å². The minimum atomic E-state index is -0.884. The molecule has 3 heterocycles. The maximum atomic E-state index is 10.2. The third kappa shape index (κ3) is 3.10. The fourth-order valence-corrected chi connectivity index (χ4v) is 3.06. The number of rotatable bonds is 4. The van der Waals surface area contributed by atoms with Crippen LogP contribution in [0.3, 0.4) is 0 Å². The van der Waals surface area contributed by atoms with Crippen LogP contribution in [0.2, 0.25) is 0 Å². The molecule has 0 unspecified atom stereocenters. The van der Waals surface area contributed by atoms with Crippen LogP contribution in [-0.2, 0) is 12.1 Å². The molecule has 7 heteroatoms. The Hall–Kier alpha value is -3.06. The number of fused-ring (bicyclic) bond motifs is 3. The third-order valence-electron chi connectivity index (χ3n) is 4.76. The van der Waals surface area contributed by atoms with E-state index in [9.17, 15) is 5.11 Å². The van der Waals surface area contributed by atoms with Crippen LogP contribution in [0.5, 0.6) is 0 Å². The summed E-state index contributed by atoms with van der Waals surface area (Å²) in [6.07, 6.45) is 1.52. The quantitative estimate of drug-likeness (QED) is 0.571. The molecule has 27 heavy (non-hydrogen) atoms. The Morgan fingerprint density at radius 1 is 1.15 bits per heavy atom. The van der Waals surface area contributed by atoms with E-state index in [1.165, 1.54) is 6.33 Å². The number of anilines is 1. The van der Waals surface area contributed by atoms with E-state index in [4.69, 9.17) is 4.42 Å². The van der Waals surface area contributed by atoms with E-state index in [1.807, 2.05) is 38.1 Å². The van der Waals surface area contributed by atoms with Crippen molar-refractivity contribution in [3.8, 4) is 0 Å². The van der Waals surface area contributed by atoms with E-state index in [1.54, 1.807) is 13.8 Å². The number of nitrogens with zero attached hydrogens (tertiary/aromatic N) is 4. The number of hydrogen-bond acceptors (Lipinski definition) is 7. The predicted molar refractivity (Wildman–Crippen MR) is 103 cm³/mol. The molecule has 7 nitrogen and oxygen atoms in total. The lowest BCUT2D eigenvalue weighted by Gasteiger charge is -2.18. The van der Waals surface area contributed by atoms with Crippen LogP contribution < -0.4 is 5.32 Å². The van der Waals surface area contributed by atoms with Crippen LogP contribution in [0.4, 0.5) is 5.82 Å². The molecule has 138 valence electrons. The van der Waals surface area contributed by atoms with Gasteiger partial charge in [0.25, 0.3) is 0 Å². The van der Waals surface area contributed by atoms with Crippen LogP contribution in [0.15, 0.2) is 35.0 Å². The summed E-state index contributed by atoms with van der Waals surface area (Å²) in [6, 6.07) is 7.82. The molecule has 1 aromatic carbocycles. The molecule has 0 amide bonds. The highest BCUT2D eigenvalue weighted by molar-refractivity contribution is 6.05. The second kappa shape index (κ2) is 6.28. The SMILES string of the molecule is Cc1nnc2oc3c(NCc4cccc(C(C)(C)O)c4)ncnc3c2c1C. The molecule has 0 aliphatic rings. The molecule has 3 aromatic heterocycles. The zero-order valence-corrected chi connectivity index (χ0v) is 15.7. The molecule has 0 radical (unpaired) electrons. The minimum Gasteiger partial charge on any atom is -0.431 e. The number of furan rings is 1. The lowest BCUT2D eigenvalue weighted by molar-refractivity contribution is 0.0785. The fraction of sp³-hybridized carbons (Fsp3) is 0.300. The van der Waals surface area contributed by atoms with Gasteiger partial charge in [-0.2, -0.15) is 5.10 Å². The molecule has 0 fully saturated rings. The van der Waals surface area contributed by atoms with Crippen LogP contribution in [0.25, 0.3) is 22.2 Å². The normalized spacial score (nSPS) is 12.0. The molecule has 4 aromatic rings. The molecule has 0 saturated heterocycles. The predicted octanol–water partition coefficient (Wildman–Crippen LogP) is 3.62. The molecule has 0 atom stereocenters. The smallest absolute Gasteiger partial charge is 0.249 e. The van der Waals surface area contributed by atoms with Crippen molar-refractivity contribution in [2.24, 2.45) is 0 Å². The number of aryl methyl sites for hydroxylation is 2. The summed E-state index contributed by atoms with van der Waals surface area (Å²) >= 11 is 0. The van der Waals surface area contributed by atoms with Crippen molar-refractivity contribution in [1.29, 1.82) is 0 Å². The first-order valence-electron chi connectivity index (χ1n) is 8.77. The number of nitrogens with one attached hydrogen (secondary N) is 1. The Balaban J connectivity index is 1.70. The van der Waals surface area contributed by atoms with Crippen LogP contribution in [-0.4, -0.2) is 25.3 Å². The molecule has 4 rings (SSSR count). The monoisotopic (exact) mass is 363 g/mol. The zero-order chi connectivity index (χ0) is 19.2. The highest BCUT2D eigenvalue weighted by Crippen LogP contribution is 2.32. The Labute approximate surface area is 156 Å². The van der Waals surface area contributed by atoms with Gasteiger partial charge in [0.05, 0.1) is 16.7 Å². The van der Waals surface area contributed by atoms with E-state index < -0.39 is 5.60 Å². The molecular formula is C20H21N5O2. The van der Waals surface area contributed by atoms with E-state index in [2.05, 4.69) is 25.5 Å². The van der Waals surface area contributed by atoms with E-state index in [0.29, 0.717) is 23.7 Å². The van der Waals surface area contributed by atoms with Gasteiger partial charge in [-0.05, 0) is 44.4 Å². The molecule has 0 saturated carbocycles. The van der Waals surface area contributed by atoms with Gasteiger partial charge in [-0.25, -0.2) is 9.97 Å². The molecule has 0 aliphatic carbocycles. The van der Waals surface area contributed by atoms with Gasteiger partial charge in [-0.15, -0.1) is 5.10 Å². The average Bonchev–Trinajstić information content (AvgIpc) is 3.02. The maximum absolute atomic E-state index is 10.2. The Kier molecular flexibility index (Phi) is 4.04. The third-order valence-corrected chi connectivity index (χ3v) is 4.76. The molecule has 0 bridgehead atoms. The van der Waals surface area contributed by atoms with Crippen molar-refractivity contribution in [1.82, 2.24) is 20.2 Å². The summed E-state index contributed by atoms with van der Waals surface area (Å²) in [5.74, 6) is 0.601. The first-order chi connectivity index (χ1) is 12.8. The largest absolute Gasteiger partial charge is 0.431 e. The highest BCUT2D eigenvalue weighted by Gasteiger charge is 2.18. The van der Waals surface area contributed by atoms with Crippen LogP contribution in [0, 0.1) is 13.8 Å². The van der Waals surface area contributed by atoms with Gasteiger partial charge < -0.3 is 14.8 Å². The lowest BCUT2D eigenvalue weighted by atomic mass is 9.96. The van der Waals surface area contributed by atoms with Gasteiger partial charge in [0, 0.05) is 6.54 Å². The van der Waals surface area contributed by atoms with Crippen molar-refractivity contribution < 1.29 is 9.52 Å². The summed E-state index contributed by atoms with van der Waals surface area (Å²) in [5.41, 5.74) is 4.61. The molecule has 0 spiro atoms. The zero-order valence-electron chi connectivity index (χ0n) is 15.7. The van der Waals surface area contributed by atoms with E-state index in [0.717, 1.165) is 33.3 Å². The Morgan fingerprint density at radius 2 is 1.96 bits per heavy atom. The number of aromatic nitrogens is 4. The first kappa shape index (κ1) is 17.4. The maximum Gasteiger partial charge on any atom is 0.249 e. The van der Waals surface area contributed by atoms with Crippen molar-refractivity contribution in [2.45, 2.75) is 39.8 Å². The average molecular weight is 363 g/mol. The Morgan fingerprint density at radius 3 is 2.74 bits per heavy atom. The number of aliphatic hydroxyl groups is 1. The lowest BCUT2D eigenvalue weighted by Crippen LogP contribution is -2.15. The molecule has 0 aliphatic heterocycles. The second-order valence-corrected chi connectivity index (χ2v) is 7.21. The summed E-state index contributed by atoms with van der Waals surface area (Å²) in [7, 11) is 0. The fourth-order valence-electron chi connectivity index (χ4n) is 3.06. The van der Waals surface area contributed by atoms with Gasteiger partial charge in [-0.3, -0.25) is 0 Å². The van der Waals surface area contributed by atoms with Crippen LogP contribution >= 0.6 is 0 Å². The van der Waals surface area contributed by atoms with Gasteiger partial charge in [0.15, 0.2) is 11.4 Å². The van der Waals surface area contributed by atoms with Gasteiger partial charge in [-0.1, -0.05) is 24.3 Å². The van der Waals surface area contributed by atoms with Gasteiger partial charge in [0.2, 0.25) is 5.71 Å². The topological polar surface area (TPSA) is 97.0 Å². The van der Waals surface area contributed by atoms with Gasteiger partial charge in [0.1, 0.15) is 11.8 Å². The molecule has 2 N–H and O–H groups in total. The standard InChI is InChI=1S/C20H21N5O2/c1-11-12(2)24-25-19-15(11)16-17(27-19)18(23-10-22-16)21-9-13-6-5-7-14(8-13)20(3,4)26/h5-8,10,26H,9H2,1-4H3,(H,21,22,23). The second-order valence-electron chi connectivity index (χ2n) is 7.21. The van der Waals surface area contributed by atoms with Crippen molar-refractivity contribution >= 4 is 28.0 Å². The van der Waals surface area contributed by atoms with Crippen molar-refractivity contribution in [3.63, 3.8) is 0 Å². The summed E-state index contributed by atoms with van der Waals surface area (Å²) in [5, 5.41) is 22.6. The first-order valence-corrected chi connectivity index (χ1v) is 8.77. The summed E-state index contributed by atoms with van der Waals surface area (Å²) in [4.78, 5) is 8.71. The number of benzene rings is 1. The van der Waals surface area contributed by atoms with Crippen molar-refractivity contribution in [2.75, 3.05) is 5.32 Å². The molecular weight excluding hydrogens is 342 g/mol. The van der Waals surface area contributed by atoms with Crippen molar-refractivity contribution in [3.05, 3.63) is 53.0 Å².